The Labute approximate surface area is 172 Å². The molecule has 4 N–H and O–H groups in total. The van der Waals surface area contributed by atoms with E-state index < -0.39 is 5.91 Å². The summed E-state index contributed by atoms with van der Waals surface area (Å²) < 4.78 is 10.9. The molecule has 0 saturated heterocycles. The molecule has 1 aliphatic carbocycles. The molecule has 0 unspecified atom stereocenters. The fourth-order valence-corrected chi connectivity index (χ4v) is 4.04. The maximum Gasteiger partial charge on any atom is 0.250 e. The molecule has 0 bridgehead atoms. The van der Waals surface area contributed by atoms with E-state index in [1.165, 1.54) is 0 Å². The highest BCUT2D eigenvalue weighted by atomic mass is 16.5. The van der Waals surface area contributed by atoms with Gasteiger partial charge in [0, 0.05) is 11.7 Å². The van der Waals surface area contributed by atoms with Crippen LogP contribution >= 0.6 is 0 Å². The molecule has 0 aromatic heterocycles. The van der Waals surface area contributed by atoms with Crippen LogP contribution in [0.5, 0.6) is 11.5 Å². The van der Waals surface area contributed by atoms with E-state index in [2.05, 4.69) is 11.4 Å². The molecule has 1 aliphatic rings. The van der Waals surface area contributed by atoms with E-state index >= 15 is 0 Å². The van der Waals surface area contributed by atoms with Gasteiger partial charge in [0.25, 0.3) is 5.91 Å². The number of aryl methyl sites for hydroxylation is 1. The third-order valence-electron chi connectivity index (χ3n) is 5.54. The number of hydrogen-bond donors (Lipinski definition) is 3. The van der Waals surface area contributed by atoms with Crippen molar-refractivity contribution in [1.82, 2.24) is 0 Å². The van der Waals surface area contributed by atoms with E-state index in [1.807, 2.05) is 25.1 Å². The second kappa shape index (κ2) is 9.18. The number of nitrogens with one attached hydrogen (secondary N) is 1. The number of hydrogen-bond acceptors (Lipinski definition) is 5. The highest BCUT2D eigenvalue weighted by Crippen LogP contribution is 2.33. The van der Waals surface area contributed by atoms with Gasteiger partial charge < -0.3 is 25.6 Å². The van der Waals surface area contributed by atoms with Crippen LogP contribution in [0.15, 0.2) is 30.3 Å². The van der Waals surface area contributed by atoms with Crippen LogP contribution in [0.1, 0.15) is 52.7 Å². The van der Waals surface area contributed by atoms with Crippen LogP contribution in [-0.2, 0) is 6.42 Å². The number of aliphatic hydroxyl groups is 1. The highest BCUT2D eigenvalue weighted by Gasteiger charge is 2.21. The van der Waals surface area contributed by atoms with E-state index in [1.54, 1.807) is 20.3 Å². The normalized spacial score (nSPS) is 18.9. The molecule has 6 heteroatoms. The summed E-state index contributed by atoms with van der Waals surface area (Å²) in [6, 6.07) is 10.0. The fourth-order valence-electron chi connectivity index (χ4n) is 4.04. The Morgan fingerprint density at radius 1 is 1.10 bits per heavy atom. The number of rotatable bonds is 7. The van der Waals surface area contributed by atoms with Crippen molar-refractivity contribution in [1.29, 1.82) is 0 Å². The Bertz CT molecular complexity index is 873. The zero-order chi connectivity index (χ0) is 21.0. The lowest BCUT2D eigenvalue weighted by atomic mass is 9.92. The molecule has 1 fully saturated rings. The van der Waals surface area contributed by atoms with E-state index in [0.29, 0.717) is 17.7 Å². The van der Waals surface area contributed by atoms with Crippen molar-refractivity contribution >= 4 is 11.6 Å². The minimum atomic E-state index is -0.447. The monoisotopic (exact) mass is 398 g/mol. The third-order valence-corrected chi connectivity index (χ3v) is 5.54. The van der Waals surface area contributed by atoms with E-state index in [0.717, 1.165) is 53.8 Å². The molecule has 0 spiro atoms. The Morgan fingerprint density at radius 2 is 1.83 bits per heavy atom. The molecular weight excluding hydrogens is 368 g/mol. The summed E-state index contributed by atoms with van der Waals surface area (Å²) >= 11 is 0. The van der Waals surface area contributed by atoms with Crippen molar-refractivity contribution < 1.29 is 19.4 Å². The Balaban J connectivity index is 1.85. The molecule has 6 nitrogen and oxygen atoms in total. The van der Waals surface area contributed by atoms with Crippen molar-refractivity contribution in [3.8, 4) is 11.5 Å². The Hall–Kier alpha value is -2.73. The summed E-state index contributed by atoms with van der Waals surface area (Å²) in [7, 11) is 3.27. The summed E-state index contributed by atoms with van der Waals surface area (Å²) in [5, 5.41) is 13.2. The van der Waals surface area contributed by atoms with Gasteiger partial charge in [0.2, 0.25) is 0 Å². The maximum atomic E-state index is 11.9. The highest BCUT2D eigenvalue weighted by molar-refractivity contribution is 5.98. The molecule has 2 aromatic rings. The topological polar surface area (TPSA) is 93.8 Å². The summed E-state index contributed by atoms with van der Waals surface area (Å²) in [5.41, 5.74) is 10.0. The van der Waals surface area contributed by atoms with Crippen LogP contribution in [0.2, 0.25) is 0 Å². The quantitative estimate of drug-likeness (QED) is 0.664. The van der Waals surface area contributed by atoms with E-state index in [4.69, 9.17) is 15.2 Å². The summed E-state index contributed by atoms with van der Waals surface area (Å²) in [4.78, 5) is 11.9. The van der Waals surface area contributed by atoms with E-state index in [-0.39, 0.29) is 12.1 Å². The average Bonchev–Trinajstić information content (AvgIpc) is 2.69. The molecule has 3 rings (SSSR count). The maximum absolute atomic E-state index is 11.9. The van der Waals surface area contributed by atoms with Crippen molar-refractivity contribution in [3.05, 3.63) is 52.6 Å². The minimum Gasteiger partial charge on any atom is -0.493 e. The number of carbonyl (C=O) groups is 1. The summed E-state index contributed by atoms with van der Waals surface area (Å²) in [5.74, 6) is 0.995. The Kier molecular flexibility index (Phi) is 6.64. The first kappa shape index (κ1) is 21.0. The van der Waals surface area contributed by atoms with Crippen LogP contribution in [0.25, 0.3) is 0 Å². The van der Waals surface area contributed by atoms with Crippen LogP contribution in [0, 0.1) is 6.92 Å². The van der Waals surface area contributed by atoms with Crippen LogP contribution in [-0.4, -0.2) is 37.4 Å². The van der Waals surface area contributed by atoms with Gasteiger partial charge in [-0.05, 0) is 73.9 Å². The van der Waals surface area contributed by atoms with Gasteiger partial charge in [-0.1, -0.05) is 12.1 Å². The molecule has 1 amide bonds. The first-order chi connectivity index (χ1) is 13.9. The number of anilines is 1. The average molecular weight is 399 g/mol. The van der Waals surface area contributed by atoms with Gasteiger partial charge in [-0.2, -0.15) is 0 Å². The number of ether oxygens (including phenoxy) is 2. The largest absolute Gasteiger partial charge is 0.493 e. The van der Waals surface area contributed by atoms with Gasteiger partial charge in [0.15, 0.2) is 11.5 Å². The molecule has 0 atom stereocenters. The predicted molar refractivity (Wildman–Crippen MR) is 114 cm³/mol. The Morgan fingerprint density at radius 3 is 2.45 bits per heavy atom. The third kappa shape index (κ3) is 5.01. The molecule has 156 valence electrons. The smallest absolute Gasteiger partial charge is 0.250 e. The first-order valence-corrected chi connectivity index (χ1v) is 10.00. The van der Waals surface area contributed by atoms with Gasteiger partial charge in [-0.25, -0.2) is 0 Å². The standard InChI is InChI=1S/C23H30N2O4/c1-14-10-16(13-21(28-2)22(14)29-3)11-15-4-9-19(23(24)27)20(12-15)25-17-5-7-18(26)8-6-17/h4,9-10,12-13,17-18,25-26H,5-8,11H2,1-3H3,(H2,24,27). The molecule has 0 aliphatic heterocycles. The lowest BCUT2D eigenvalue weighted by molar-refractivity contribution is 0.100. The second-order valence-corrected chi connectivity index (χ2v) is 7.72. The van der Waals surface area contributed by atoms with Gasteiger partial charge in [0.1, 0.15) is 0 Å². The van der Waals surface area contributed by atoms with Crippen molar-refractivity contribution in [2.24, 2.45) is 5.73 Å². The van der Waals surface area contributed by atoms with Crippen molar-refractivity contribution in [2.45, 2.75) is 51.2 Å². The van der Waals surface area contributed by atoms with Gasteiger partial charge in [-0.3, -0.25) is 4.79 Å². The number of aliphatic hydroxyl groups excluding tert-OH is 1. The molecule has 2 aromatic carbocycles. The van der Waals surface area contributed by atoms with Gasteiger partial charge in [-0.15, -0.1) is 0 Å². The SMILES string of the molecule is COc1cc(Cc2ccc(C(N)=O)c(NC3CCC(O)CC3)c2)cc(C)c1OC. The number of methoxy groups -OCH3 is 2. The molecule has 0 radical (unpaired) electrons. The first-order valence-electron chi connectivity index (χ1n) is 10.00. The minimum absolute atomic E-state index is 0.219. The zero-order valence-electron chi connectivity index (χ0n) is 17.3. The van der Waals surface area contributed by atoms with Crippen molar-refractivity contribution in [2.75, 3.05) is 19.5 Å². The van der Waals surface area contributed by atoms with Crippen LogP contribution < -0.4 is 20.5 Å². The van der Waals surface area contributed by atoms with Crippen molar-refractivity contribution in [3.63, 3.8) is 0 Å². The second-order valence-electron chi connectivity index (χ2n) is 7.72. The predicted octanol–water partition coefficient (Wildman–Crippen LogP) is 3.42. The molecule has 29 heavy (non-hydrogen) atoms. The zero-order valence-corrected chi connectivity index (χ0v) is 17.3. The summed E-state index contributed by atoms with van der Waals surface area (Å²) in [6.45, 7) is 1.99. The fraction of sp³-hybridized carbons (Fsp3) is 0.435. The molecule has 0 heterocycles. The molecular formula is C23H30N2O4. The lowest BCUT2D eigenvalue weighted by Crippen LogP contribution is -2.29. The number of carbonyl (C=O) groups excluding carboxylic acids is 1. The number of primary amides is 1. The number of amides is 1. The van der Waals surface area contributed by atoms with Gasteiger partial charge in [0.05, 0.1) is 25.9 Å². The number of nitrogens with two attached hydrogens (primary N) is 1. The lowest BCUT2D eigenvalue weighted by Gasteiger charge is -2.28. The summed E-state index contributed by atoms with van der Waals surface area (Å²) in [6.07, 6.45) is 3.76. The van der Waals surface area contributed by atoms with Crippen LogP contribution in [0.4, 0.5) is 5.69 Å². The number of benzene rings is 2. The van der Waals surface area contributed by atoms with E-state index in [9.17, 15) is 9.90 Å². The van der Waals surface area contributed by atoms with Gasteiger partial charge >= 0.3 is 0 Å². The molecule has 1 saturated carbocycles. The van der Waals surface area contributed by atoms with Crippen LogP contribution in [0.3, 0.4) is 0 Å².